The van der Waals surface area contributed by atoms with E-state index in [4.69, 9.17) is 0 Å². The predicted octanol–water partition coefficient (Wildman–Crippen LogP) is 3.55. The molecule has 0 spiro atoms. The molecule has 0 saturated carbocycles. The van der Waals surface area contributed by atoms with Gasteiger partial charge in [-0.2, -0.15) is 4.31 Å². The Kier molecular flexibility index (Phi) is 13.0. The number of sulfonamides is 1. The van der Waals surface area contributed by atoms with Crippen LogP contribution in [0.15, 0.2) is 65.6 Å². The first kappa shape index (κ1) is 34.4. The van der Waals surface area contributed by atoms with E-state index in [1.165, 1.54) is 21.4 Å². The molecule has 0 unspecified atom stereocenters. The van der Waals surface area contributed by atoms with Gasteiger partial charge in [0.1, 0.15) is 0 Å². The summed E-state index contributed by atoms with van der Waals surface area (Å²) in [5.74, 6) is -0.531. The number of hydrogen-bond donors (Lipinski definition) is 2. The molecule has 2 aromatic rings. The first-order valence-corrected chi connectivity index (χ1v) is 15.6. The first-order valence-electron chi connectivity index (χ1n) is 14.1. The summed E-state index contributed by atoms with van der Waals surface area (Å²) in [6, 6.07) is 16.6. The molecule has 0 aliphatic rings. The smallest absolute Gasteiger partial charge is 0.252 e. The quantitative estimate of drug-likeness (QED) is 0.327. The number of amides is 2. The van der Waals surface area contributed by atoms with E-state index >= 15 is 0 Å². The van der Waals surface area contributed by atoms with Crippen LogP contribution in [0.2, 0.25) is 0 Å². The first-order chi connectivity index (χ1) is 19.1. The number of likely N-dealkylation sites (N-methyl/N-ethyl adjacent to an activating group) is 1. The summed E-state index contributed by atoms with van der Waals surface area (Å²) in [5, 5.41) is 13.0. The number of rotatable bonds is 14. The minimum atomic E-state index is -3.94. The molecular formula is C31H48N4O5S. The molecule has 2 atom stereocenters. The molecular weight excluding hydrogens is 540 g/mol. The van der Waals surface area contributed by atoms with Crippen molar-refractivity contribution < 1.29 is 23.1 Å². The van der Waals surface area contributed by atoms with E-state index in [1.54, 1.807) is 37.2 Å². The third-order valence-corrected chi connectivity index (χ3v) is 8.33. The summed E-state index contributed by atoms with van der Waals surface area (Å²) < 4.78 is 28.7. The van der Waals surface area contributed by atoms with Crippen LogP contribution in [0.1, 0.15) is 53.0 Å². The number of aliphatic hydroxyl groups excluding tert-OH is 1. The zero-order valence-electron chi connectivity index (χ0n) is 25.6. The molecule has 2 rings (SSSR count). The van der Waals surface area contributed by atoms with Gasteiger partial charge in [0.15, 0.2) is 0 Å². The average molecular weight is 589 g/mol. The Bertz CT molecular complexity index is 1200. The monoisotopic (exact) mass is 588 g/mol. The lowest BCUT2D eigenvalue weighted by molar-refractivity contribution is -0.149. The molecule has 0 fully saturated rings. The highest BCUT2D eigenvalue weighted by molar-refractivity contribution is 7.89. The van der Waals surface area contributed by atoms with E-state index in [9.17, 15) is 23.1 Å². The van der Waals surface area contributed by atoms with E-state index in [0.29, 0.717) is 6.42 Å². The third kappa shape index (κ3) is 11.5. The van der Waals surface area contributed by atoms with Crippen molar-refractivity contribution in [2.24, 2.45) is 11.3 Å². The summed E-state index contributed by atoms with van der Waals surface area (Å²) in [6.45, 7) is 9.78. The SMILES string of the molecule is CC(C)CCN(C[C@@H](O)[C@H](Cc1ccccc1)N(NC(=O)CN(C)C)C(=O)CC(C)(C)C)S(=O)(=O)c1ccccc1. The largest absolute Gasteiger partial charge is 0.390 e. The second-order valence-electron chi connectivity index (χ2n) is 12.5. The summed E-state index contributed by atoms with van der Waals surface area (Å²) in [5.41, 5.74) is 3.20. The van der Waals surface area contributed by atoms with E-state index in [1.807, 2.05) is 65.0 Å². The fourth-order valence-electron chi connectivity index (χ4n) is 4.36. The maximum Gasteiger partial charge on any atom is 0.252 e. The van der Waals surface area contributed by atoms with Crippen molar-refractivity contribution in [1.29, 1.82) is 0 Å². The van der Waals surface area contributed by atoms with Gasteiger partial charge in [-0.05, 0) is 56.0 Å². The summed E-state index contributed by atoms with van der Waals surface area (Å²) in [4.78, 5) is 28.4. The topological polar surface area (TPSA) is 110 Å². The van der Waals surface area contributed by atoms with Gasteiger partial charge in [0.05, 0.1) is 23.6 Å². The van der Waals surface area contributed by atoms with Gasteiger partial charge >= 0.3 is 0 Å². The highest BCUT2D eigenvalue weighted by atomic mass is 32.2. The number of nitrogens with zero attached hydrogens (tertiary/aromatic N) is 3. The summed E-state index contributed by atoms with van der Waals surface area (Å²) in [6.07, 6.45) is -0.380. The van der Waals surface area contributed by atoms with Crippen molar-refractivity contribution >= 4 is 21.8 Å². The Morgan fingerprint density at radius 2 is 1.51 bits per heavy atom. The van der Waals surface area contributed by atoms with Crippen molar-refractivity contribution in [3.8, 4) is 0 Å². The minimum Gasteiger partial charge on any atom is -0.390 e. The Morgan fingerprint density at radius 3 is 2.02 bits per heavy atom. The number of benzene rings is 2. The normalized spacial score (nSPS) is 13.8. The molecule has 0 heterocycles. The number of hydrazine groups is 1. The Labute approximate surface area is 246 Å². The Morgan fingerprint density at radius 1 is 0.951 bits per heavy atom. The highest BCUT2D eigenvalue weighted by Gasteiger charge is 2.36. The van der Waals surface area contributed by atoms with Crippen molar-refractivity contribution in [2.45, 2.75) is 70.9 Å². The van der Waals surface area contributed by atoms with Crippen LogP contribution in [0.3, 0.4) is 0 Å². The van der Waals surface area contributed by atoms with Crippen LogP contribution < -0.4 is 5.43 Å². The van der Waals surface area contributed by atoms with Crippen molar-refractivity contribution in [3.63, 3.8) is 0 Å². The van der Waals surface area contributed by atoms with Gasteiger partial charge in [0.2, 0.25) is 15.9 Å². The van der Waals surface area contributed by atoms with Gasteiger partial charge in [0, 0.05) is 19.5 Å². The van der Waals surface area contributed by atoms with E-state index in [0.717, 1.165) is 5.56 Å². The van der Waals surface area contributed by atoms with Gasteiger partial charge in [-0.3, -0.25) is 15.0 Å². The van der Waals surface area contributed by atoms with E-state index in [-0.39, 0.29) is 54.6 Å². The molecule has 9 nitrogen and oxygen atoms in total. The average Bonchev–Trinajstić information content (AvgIpc) is 2.87. The predicted molar refractivity (Wildman–Crippen MR) is 162 cm³/mol. The third-order valence-electron chi connectivity index (χ3n) is 6.45. The van der Waals surface area contributed by atoms with Gasteiger partial charge in [0.25, 0.3) is 5.91 Å². The maximum absolute atomic E-state index is 13.7. The van der Waals surface area contributed by atoms with Crippen LogP contribution in [0.4, 0.5) is 0 Å². The van der Waals surface area contributed by atoms with Crippen molar-refractivity contribution in [2.75, 3.05) is 33.7 Å². The number of hydrogen-bond acceptors (Lipinski definition) is 6. The number of carbonyl (C=O) groups excluding carboxylic acids is 2. The molecule has 0 aliphatic heterocycles. The Hall–Kier alpha value is -2.79. The zero-order chi connectivity index (χ0) is 30.8. The number of carbonyl (C=O) groups is 2. The molecule has 228 valence electrons. The lowest BCUT2D eigenvalue weighted by Gasteiger charge is -2.38. The molecule has 41 heavy (non-hydrogen) atoms. The minimum absolute atomic E-state index is 0.0380. The van der Waals surface area contributed by atoms with Crippen LogP contribution in [0.25, 0.3) is 0 Å². The summed E-state index contributed by atoms with van der Waals surface area (Å²) in [7, 11) is -0.440. The highest BCUT2D eigenvalue weighted by Crippen LogP contribution is 2.24. The molecule has 0 aliphatic carbocycles. The number of nitrogens with one attached hydrogen (secondary N) is 1. The van der Waals surface area contributed by atoms with E-state index in [2.05, 4.69) is 5.43 Å². The fourth-order valence-corrected chi connectivity index (χ4v) is 5.86. The molecule has 10 heteroatoms. The lowest BCUT2D eigenvalue weighted by atomic mass is 9.91. The fraction of sp³-hybridized carbons (Fsp3) is 0.548. The molecule has 0 radical (unpaired) electrons. The Balaban J connectivity index is 2.54. The van der Waals surface area contributed by atoms with E-state index < -0.39 is 28.1 Å². The van der Waals surface area contributed by atoms with Crippen LogP contribution >= 0.6 is 0 Å². The van der Waals surface area contributed by atoms with Crippen LogP contribution in [-0.4, -0.2) is 85.4 Å². The van der Waals surface area contributed by atoms with Gasteiger partial charge in [-0.15, -0.1) is 0 Å². The second kappa shape index (κ2) is 15.4. The van der Waals surface area contributed by atoms with Gasteiger partial charge in [-0.1, -0.05) is 83.1 Å². The maximum atomic E-state index is 13.7. The zero-order valence-corrected chi connectivity index (χ0v) is 26.4. The number of aliphatic hydroxyl groups is 1. The lowest BCUT2D eigenvalue weighted by Crippen LogP contribution is -2.60. The second-order valence-corrected chi connectivity index (χ2v) is 14.4. The van der Waals surface area contributed by atoms with Gasteiger partial charge in [-0.25, -0.2) is 13.4 Å². The molecule has 2 amide bonds. The molecule has 0 bridgehead atoms. The van der Waals surface area contributed by atoms with Crippen LogP contribution in [-0.2, 0) is 26.0 Å². The molecule has 0 aromatic heterocycles. The van der Waals surface area contributed by atoms with Crippen LogP contribution in [0.5, 0.6) is 0 Å². The molecule has 0 saturated heterocycles. The van der Waals surface area contributed by atoms with Gasteiger partial charge < -0.3 is 10.0 Å². The standard InChI is InChI=1S/C31H48N4O5S/c1-24(2)18-19-34(41(39,40)26-16-12-9-13-17-26)22-28(36)27(20-25-14-10-8-11-15-25)35(30(38)21-31(3,4)5)32-29(37)23-33(6)7/h8-17,24,27-28,36H,18-23H2,1-7H3,(H,32,37)/t27-,28+/m0/s1. The van der Waals surface area contributed by atoms with Crippen molar-refractivity contribution in [3.05, 3.63) is 66.2 Å². The van der Waals surface area contributed by atoms with Crippen LogP contribution in [0, 0.1) is 11.3 Å². The summed E-state index contributed by atoms with van der Waals surface area (Å²) >= 11 is 0. The molecule has 2 N–H and O–H groups in total. The molecule has 2 aromatic carbocycles. The van der Waals surface area contributed by atoms with Crippen molar-refractivity contribution in [1.82, 2.24) is 19.6 Å².